The molecule has 2 atom stereocenters. The van der Waals surface area contributed by atoms with E-state index in [0.717, 1.165) is 11.5 Å². The zero-order chi connectivity index (χ0) is 24.0. The van der Waals surface area contributed by atoms with Gasteiger partial charge in [0, 0.05) is 11.5 Å². The van der Waals surface area contributed by atoms with E-state index in [1.165, 1.54) is 23.1 Å². The molecular weight excluding hydrogens is 474 g/mol. The Morgan fingerprint density at radius 3 is 2.88 bits per heavy atom. The highest BCUT2D eigenvalue weighted by Crippen LogP contribution is 2.31. The Kier molecular flexibility index (Phi) is 5.55. The lowest BCUT2D eigenvalue weighted by Gasteiger charge is -2.33. The number of fused-ring (bicyclic) bond motifs is 3. The van der Waals surface area contributed by atoms with Crippen molar-refractivity contribution in [1.29, 1.82) is 0 Å². The van der Waals surface area contributed by atoms with Crippen LogP contribution < -0.4 is 20.9 Å². The highest BCUT2D eigenvalue weighted by Gasteiger charge is 2.38. The number of halogens is 2. The molecule has 11 nitrogen and oxygen atoms in total. The summed E-state index contributed by atoms with van der Waals surface area (Å²) in [5.41, 5.74) is 5.57. The van der Waals surface area contributed by atoms with E-state index in [4.69, 9.17) is 10.5 Å². The molecule has 2 unspecified atom stereocenters. The summed E-state index contributed by atoms with van der Waals surface area (Å²) in [7, 11) is 0. The third-order valence-electron chi connectivity index (χ3n) is 5.24. The number of nitrogen functional groups attached to an aromatic ring is 1. The Hall–Kier alpha value is -3.75. The summed E-state index contributed by atoms with van der Waals surface area (Å²) in [6.45, 7) is -2.98. The van der Waals surface area contributed by atoms with Crippen LogP contribution in [0.5, 0.6) is 5.88 Å². The number of ether oxygens (including phenoxy) is 2. The number of benzene rings is 1. The van der Waals surface area contributed by atoms with Gasteiger partial charge in [0.1, 0.15) is 23.6 Å². The summed E-state index contributed by atoms with van der Waals surface area (Å²) in [6.07, 6.45) is -3.03. The van der Waals surface area contributed by atoms with Crippen molar-refractivity contribution in [2.45, 2.75) is 18.8 Å². The van der Waals surface area contributed by atoms with Crippen LogP contribution in [0.4, 0.5) is 20.4 Å². The van der Waals surface area contributed by atoms with Crippen LogP contribution in [0.1, 0.15) is 11.9 Å². The first kappa shape index (κ1) is 22.1. The predicted octanol–water partition coefficient (Wildman–Crippen LogP) is 1.58. The maximum Gasteiger partial charge on any atom is 0.388 e. The Morgan fingerprint density at radius 2 is 2.09 bits per heavy atom. The van der Waals surface area contributed by atoms with E-state index in [2.05, 4.69) is 24.1 Å². The van der Waals surface area contributed by atoms with Crippen LogP contribution in [0.2, 0.25) is 0 Å². The topological polar surface area (TPSA) is 157 Å². The Labute approximate surface area is 192 Å². The van der Waals surface area contributed by atoms with Crippen molar-refractivity contribution < 1.29 is 28.2 Å². The average molecular weight is 490 g/mol. The highest BCUT2D eigenvalue weighted by molar-refractivity contribution is 7.14. The Balaban J connectivity index is 1.46. The first-order chi connectivity index (χ1) is 16.3. The van der Waals surface area contributed by atoms with Crippen LogP contribution >= 0.6 is 11.5 Å². The molecule has 3 aromatic heterocycles. The molecule has 14 heteroatoms. The minimum atomic E-state index is -3.07. The van der Waals surface area contributed by atoms with Gasteiger partial charge in [0.05, 0.1) is 28.8 Å². The monoisotopic (exact) mass is 490 g/mol. The number of H-pyrrole nitrogens is 1. The highest BCUT2D eigenvalue weighted by atomic mass is 32.1. The molecule has 4 N–H and O–H groups in total. The number of amides is 1. The first-order valence-electron chi connectivity index (χ1n) is 9.94. The molecule has 0 radical (unpaired) electrons. The number of nitrogens with one attached hydrogen (secondary N) is 1. The molecule has 5 rings (SSSR count). The molecule has 1 aromatic carbocycles. The molecule has 0 saturated carbocycles. The van der Waals surface area contributed by atoms with E-state index in [1.807, 2.05) is 0 Å². The van der Waals surface area contributed by atoms with E-state index in [1.54, 1.807) is 12.1 Å². The van der Waals surface area contributed by atoms with Gasteiger partial charge in [-0.1, -0.05) is 6.07 Å². The lowest BCUT2D eigenvalue weighted by atomic mass is 10.1. The van der Waals surface area contributed by atoms with Crippen molar-refractivity contribution in [2.24, 2.45) is 0 Å². The second-order valence-corrected chi connectivity index (χ2v) is 8.07. The van der Waals surface area contributed by atoms with Crippen molar-refractivity contribution in [3.05, 3.63) is 46.5 Å². The number of anilines is 2. The van der Waals surface area contributed by atoms with Crippen LogP contribution in [0.25, 0.3) is 21.0 Å². The predicted molar refractivity (Wildman–Crippen MR) is 118 cm³/mol. The van der Waals surface area contributed by atoms with Gasteiger partial charge in [-0.2, -0.15) is 18.1 Å². The number of nitrogens with two attached hydrogens (primary N) is 1. The number of alkyl halides is 2. The van der Waals surface area contributed by atoms with Gasteiger partial charge in [0.15, 0.2) is 6.10 Å². The first-order valence-corrected chi connectivity index (χ1v) is 10.7. The van der Waals surface area contributed by atoms with Crippen LogP contribution in [0.15, 0.2) is 35.1 Å². The molecule has 0 spiro atoms. The number of morpholine rings is 1. The second-order valence-electron chi connectivity index (χ2n) is 7.29. The van der Waals surface area contributed by atoms with Crippen molar-refractivity contribution in [3.63, 3.8) is 0 Å². The van der Waals surface area contributed by atoms with Gasteiger partial charge in [-0.25, -0.2) is 4.98 Å². The number of nitrogens with zero attached hydrogens (tertiary/aromatic N) is 4. The summed E-state index contributed by atoms with van der Waals surface area (Å²) < 4.78 is 39.4. The molecule has 176 valence electrons. The minimum Gasteiger partial charge on any atom is -0.417 e. The van der Waals surface area contributed by atoms with Crippen molar-refractivity contribution in [2.75, 3.05) is 23.8 Å². The number of rotatable bonds is 5. The number of aliphatic hydroxyl groups excluding tert-OH is 1. The summed E-state index contributed by atoms with van der Waals surface area (Å²) in [6, 6.07) is 7.31. The van der Waals surface area contributed by atoms with E-state index < -0.39 is 30.3 Å². The quantitative estimate of drug-likeness (QED) is 0.378. The number of aliphatic hydroxyl groups is 1. The van der Waals surface area contributed by atoms with E-state index in [9.17, 15) is 23.5 Å². The second kappa shape index (κ2) is 8.55. The Bertz CT molecular complexity index is 1460. The number of aromatic amines is 1. The average Bonchev–Trinajstić information content (AvgIpc) is 3.19. The summed E-state index contributed by atoms with van der Waals surface area (Å²) in [5.74, 6) is -0.872. The smallest absolute Gasteiger partial charge is 0.388 e. The molecule has 34 heavy (non-hydrogen) atoms. The Morgan fingerprint density at radius 1 is 1.26 bits per heavy atom. The van der Waals surface area contributed by atoms with Crippen molar-refractivity contribution >= 4 is 50.1 Å². The largest absolute Gasteiger partial charge is 0.417 e. The maximum atomic E-state index is 13.1. The molecule has 0 bridgehead atoms. The normalized spacial score (nSPS) is 17.6. The zero-order valence-corrected chi connectivity index (χ0v) is 18.0. The molecule has 1 aliphatic rings. The summed E-state index contributed by atoms with van der Waals surface area (Å²) in [4.78, 5) is 37.8. The van der Waals surface area contributed by atoms with Gasteiger partial charge in [0.2, 0.25) is 5.88 Å². The van der Waals surface area contributed by atoms with E-state index in [0.29, 0.717) is 15.9 Å². The minimum absolute atomic E-state index is 0.0215. The third kappa shape index (κ3) is 3.81. The fourth-order valence-corrected chi connectivity index (χ4v) is 4.56. The lowest BCUT2D eigenvalue weighted by Crippen LogP contribution is -2.51. The third-order valence-corrected chi connectivity index (χ3v) is 6.13. The molecule has 0 aliphatic carbocycles. The SMILES string of the molecule is Nc1nsc2c1ccc1nc(C(O)C3OCCN(c4cccc(OC(F)F)n4)C3=O)[nH]c(=O)c12. The number of carbonyl (C=O) groups excluding carboxylic acids is 1. The fraction of sp³-hybridized carbons (Fsp3) is 0.250. The standard InChI is InChI=1S/C20H16F2N6O5S/c21-20(22)33-11-3-1-2-10(25-11)28-6-7-32-14(19(28)31)13(29)17-24-9-5-4-8-15(34-27-16(8)23)12(9)18(30)26-17/h1-5,13-14,20,29H,6-7H2,(H2,23,27)(H,24,26,30). The summed E-state index contributed by atoms with van der Waals surface area (Å²) >= 11 is 1.06. The molecule has 4 heterocycles. The number of carbonyl (C=O) groups is 1. The number of hydrogen-bond acceptors (Lipinski definition) is 10. The number of pyridine rings is 1. The van der Waals surface area contributed by atoms with Crippen LogP contribution in [-0.2, 0) is 9.53 Å². The molecule has 1 fully saturated rings. The van der Waals surface area contributed by atoms with Crippen LogP contribution in [0, 0.1) is 0 Å². The van der Waals surface area contributed by atoms with Gasteiger partial charge in [-0.3, -0.25) is 14.5 Å². The zero-order valence-electron chi connectivity index (χ0n) is 17.1. The molecule has 1 saturated heterocycles. The van der Waals surface area contributed by atoms with Gasteiger partial charge in [-0.05, 0) is 29.7 Å². The van der Waals surface area contributed by atoms with Crippen molar-refractivity contribution in [3.8, 4) is 5.88 Å². The van der Waals surface area contributed by atoms with Gasteiger partial charge in [-0.15, -0.1) is 0 Å². The van der Waals surface area contributed by atoms with E-state index in [-0.39, 0.29) is 41.6 Å². The van der Waals surface area contributed by atoms with Crippen molar-refractivity contribution in [1.82, 2.24) is 19.3 Å². The fourth-order valence-electron chi connectivity index (χ4n) is 3.72. The number of hydrogen-bond donors (Lipinski definition) is 3. The van der Waals surface area contributed by atoms with Gasteiger partial charge in [0.25, 0.3) is 11.5 Å². The van der Waals surface area contributed by atoms with Crippen LogP contribution in [-0.4, -0.2) is 56.2 Å². The van der Waals surface area contributed by atoms with Gasteiger partial charge < -0.3 is 25.3 Å². The van der Waals surface area contributed by atoms with Crippen LogP contribution in [0.3, 0.4) is 0 Å². The van der Waals surface area contributed by atoms with E-state index >= 15 is 0 Å². The molecular formula is C20H16F2N6O5S. The number of aromatic nitrogens is 4. The lowest BCUT2D eigenvalue weighted by molar-refractivity contribution is -0.143. The maximum absolute atomic E-state index is 13.1. The molecule has 1 aliphatic heterocycles. The van der Waals surface area contributed by atoms with Gasteiger partial charge >= 0.3 is 6.61 Å². The molecule has 4 aromatic rings. The summed E-state index contributed by atoms with van der Waals surface area (Å²) in [5, 5.41) is 11.8. The molecule has 1 amide bonds.